The number of piperazine rings is 1. The number of carbonyl (C=O) groups excluding carboxylic acids is 1. The molecule has 3 rings (SSSR count). The van der Waals surface area contributed by atoms with Gasteiger partial charge in [-0.05, 0) is 37.3 Å². The first-order chi connectivity index (χ1) is 13.9. The van der Waals surface area contributed by atoms with Crippen molar-refractivity contribution >= 4 is 34.6 Å². The molecule has 0 spiro atoms. The largest absolute Gasteiger partial charge is 0.495 e. The van der Waals surface area contributed by atoms with Crippen LogP contribution in [0.1, 0.15) is 6.92 Å². The lowest BCUT2D eigenvalue weighted by atomic mass is 10.2. The molecule has 1 saturated heterocycles. The van der Waals surface area contributed by atoms with E-state index in [2.05, 4.69) is 15.1 Å². The number of carbonyl (C=O) groups is 1. The van der Waals surface area contributed by atoms with Gasteiger partial charge in [0.15, 0.2) is 0 Å². The molecule has 2 aromatic carbocycles. The third-order valence-corrected chi connectivity index (χ3v) is 5.32. The Kier molecular flexibility index (Phi) is 6.56. The second-order valence-electron chi connectivity index (χ2n) is 6.81. The molecule has 1 aliphatic heterocycles. The molecular formula is C20H23ClN4O4. The molecule has 0 radical (unpaired) electrons. The third-order valence-electron chi connectivity index (χ3n) is 5.09. The van der Waals surface area contributed by atoms with Crippen molar-refractivity contribution in [3.63, 3.8) is 0 Å². The van der Waals surface area contributed by atoms with Crippen LogP contribution in [0.25, 0.3) is 0 Å². The number of hydrogen-bond donors (Lipinski definition) is 1. The van der Waals surface area contributed by atoms with Crippen LogP contribution in [-0.4, -0.2) is 55.1 Å². The number of methoxy groups -OCH3 is 1. The summed E-state index contributed by atoms with van der Waals surface area (Å²) in [5.41, 5.74) is 1.56. The quantitative estimate of drug-likeness (QED) is 0.571. The van der Waals surface area contributed by atoms with Crippen LogP contribution in [0.4, 0.5) is 17.1 Å². The molecule has 8 nitrogen and oxygen atoms in total. The maximum Gasteiger partial charge on any atom is 0.269 e. The maximum absolute atomic E-state index is 12.7. The smallest absolute Gasteiger partial charge is 0.269 e. The summed E-state index contributed by atoms with van der Waals surface area (Å²) in [6.07, 6.45) is 0. The zero-order valence-electron chi connectivity index (χ0n) is 16.3. The van der Waals surface area contributed by atoms with Gasteiger partial charge in [-0.25, -0.2) is 0 Å². The van der Waals surface area contributed by atoms with Crippen LogP contribution in [0.15, 0.2) is 42.5 Å². The highest BCUT2D eigenvalue weighted by Crippen LogP contribution is 2.28. The van der Waals surface area contributed by atoms with Gasteiger partial charge in [-0.3, -0.25) is 19.8 Å². The van der Waals surface area contributed by atoms with Gasteiger partial charge < -0.3 is 15.0 Å². The number of halogens is 1. The summed E-state index contributed by atoms with van der Waals surface area (Å²) in [7, 11) is 1.54. The average Bonchev–Trinajstić information content (AvgIpc) is 2.73. The van der Waals surface area contributed by atoms with Gasteiger partial charge in [0.2, 0.25) is 5.91 Å². The minimum Gasteiger partial charge on any atom is -0.495 e. The lowest BCUT2D eigenvalue weighted by molar-refractivity contribution is -0.384. The Hall–Kier alpha value is -2.84. The van der Waals surface area contributed by atoms with Crippen LogP contribution in [0, 0.1) is 10.1 Å². The molecule has 29 heavy (non-hydrogen) atoms. The van der Waals surface area contributed by atoms with E-state index in [0.717, 1.165) is 18.8 Å². The molecule has 0 aromatic heterocycles. The number of hydrogen-bond acceptors (Lipinski definition) is 6. The van der Waals surface area contributed by atoms with Crippen molar-refractivity contribution in [3.8, 4) is 5.75 Å². The lowest BCUT2D eigenvalue weighted by Crippen LogP contribution is -2.52. The Morgan fingerprint density at radius 2 is 1.83 bits per heavy atom. The Balaban J connectivity index is 1.58. The van der Waals surface area contributed by atoms with Gasteiger partial charge in [0.1, 0.15) is 5.75 Å². The minimum atomic E-state index is -0.406. The fourth-order valence-corrected chi connectivity index (χ4v) is 3.51. The van der Waals surface area contributed by atoms with Crippen LogP contribution >= 0.6 is 11.6 Å². The molecule has 1 N–H and O–H groups in total. The maximum atomic E-state index is 12.7. The number of nitro groups is 1. The molecule has 0 saturated carbocycles. The van der Waals surface area contributed by atoms with Crippen LogP contribution in [0.3, 0.4) is 0 Å². The van der Waals surface area contributed by atoms with Gasteiger partial charge in [-0.2, -0.15) is 0 Å². The molecule has 1 amide bonds. The monoisotopic (exact) mass is 418 g/mol. The zero-order chi connectivity index (χ0) is 21.0. The number of nitrogens with one attached hydrogen (secondary N) is 1. The fraction of sp³-hybridized carbons (Fsp3) is 0.350. The van der Waals surface area contributed by atoms with Crippen molar-refractivity contribution in [3.05, 3.63) is 57.6 Å². The molecule has 154 valence electrons. The van der Waals surface area contributed by atoms with E-state index in [-0.39, 0.29) is 17.6 Å². The van der Waals surface area contributed by atoms with Crippen LogP contribution in [0.2, 0.25) is 5.02 Å². The molecule has 1 heterocycles. The number of nitro benzene ring substituents is 1. The van der Waals surface area contributed by atoms with Crippen molar-refractivity contribution in [1.82, 2.24) is 4.90 Å². The highest BCUT2D eigenvalue weighted by molar-refractivity contribution is 6.31. The van der Waals surface area contributed by atoms with Crippen molar-refractivity contribution in [2.75, 3.05) is 43.5 Å². The minimum absolute atomic E-state index is 0.0779. The Bertz CT molecular complexity index is 883. The predicted octanol–water partition coefficient (Wildman–Crippen LogP) is 3.41. The van der Waals surface area contributed by atoms with Crippen LogP contribution < -0.4 is 15.0 Å². The molecule has 1 atom stereocenters. The van der Waals surface area contributed by atoms with Gasteiger partial charge >= 0.3 is 0 Å². The number of non-ortho nitro benzene ring substituents is 1. The topological polar surface area (TPSA) is 88.0 Å². The van der Waals surface area contributed by atoms with Crippen LogP contribution in [-0.2, 0) is 4.79 Å². The third kappa shape index (κ3) is 4.96. The van der Waals surface area contributed by atoms with E-state index < -0.39 is 4.92 Å². The van der Waals surface area contributed by atoms with E-state index in [1.54, 1.807) is 37.4 Å². The molecule has 0 aliphatic carbocycles. The molecule has 1 unspecified atom stereocenters. The SMILES string of the molecule is COc1ccc(Cl)cc1NC(=O)C(C)N1CCN(c2ccc([N+](=O)[O-])cc2)CC1. The van der Waals surface area contributed by atoms with Gasteiger partial charge in [-0.15, -0.1) is 0 Å². The zero-order valence-corrected chi connectivity index (χ0v) is 17.1. The normalized spacial score (nSPS) is 15.6. The first-order valence-corrected chi connectivity index (χ1v) is 9.64. The Morgan fingerprint density at radius 3 is 2.41 bits per heavy atom. The van der Waals surface area contributed by atoms with Gasteiger partial charge in [0, 0.05) is 49.0 Å². The van der Waals surface area contributed by atoms with Gasteiger partial charge in [-0.1, -0.05) is 11.6 Å². The average molecular weight is 419 g/mol. The number of anilines is 2. The predicted molar refractivity (Wildman–Crippen MR) is 113 cm³/mol. The molecule has 9 heteroatoms. The summed E-state index contributed by atoms with van der Waals surface area (Å²) in [5, 5.41) is 14.2. The summed E-state index contributed by atoms with van der Waals surface area (Å²) in [6.45, 7) is 4.75. The van der Waals surface area contributed by atoms with Crippen molar-refractivity contribution in [1.29, 1.82) is 0 Å². The summed E-state index contributed by atoms with van der Waals surface area (Å²) in [4.78, 5) is 27.4. The Labute approximate surface area is 174 Å². The first kappa shape index (κ1) is 20.9. The number of ether oxygens (including phenoxy) is 1. The standard InChI is InChI=1S/C20H23ClN4O4/c1-14(20(26)22-18-13-15(21)3-8-19(18)29-2)23-9-11-24(12-10-23)16-4-6-17(7-5-16)25(27)28/h3-8,13-14H,9-12H2,1-2H3,(H,22,26). The molecule has 2 aromatic rings. The van der Waals surface area contributed by atoms with E-state index in [0.29, 0.717) is 29.5 Å². The van der Waals surface area contributed by atoms with E-state index in [9.17, 15) is 14.9 Å². The van der Waals surface area contributed by atoms with E-state index in [1.807, 2.05) is 6.92 Å². The van der Waals surface area contributed by atoms with E-state index in [1.165, 1.54) is 12.1 Å². The van der Waals surface area contributed by atoms with Crippen molar-refractivity contribution < 1.29 is 14.5 Å². The fourth-order valence-electron chi connectivity index (χ4n) is 3.33. The highest BCUT2D eigenvalue weighted by Gasteiger charge is 2.26. The van der Waals surface area contributed by atoms with Crippen molar-refractivity contribution in [2.45, 2.75) is 13.0 Å². The van der Waals surface area contributed by atoms with Gasteiger partial charge in [0.25, 0.3) is 5.69 Å². The number of benzene rings is 2. The Morgan fingerprint density at radius 1 is 1.17 bits per heavy atom. The lowest BCUT2D eigenvalue weighted by Gasteiger charge is -2.38. The summed E-state index contributed by atoms with van der Waals surface area (Å²) in [6, 6.07) is 11.3. The highest BCUT2D eigenvalue weighted by atomic mass is 35.5. The van der Waals surface area contributed by atoms with Crippen molar-refractivity contribution in [2.24, 2.45) is 0 Å². The summed E-state index contributed by atoms with van der Waals surface area (Å²) >= 11 is 6.03. The second kappa shape index (κ2) is 9.11. The molecule has 1 aliphatic rings. The molecule has 1 fully saturated rings. The first-order valence-electron chi connectivity index (χ1n) is 9.27. The number of nitrogens with zero attached hydrogens (tertiary/aromatic N) is 3. The number of rotatable bonds is 6. The summed E-state index contributed by atoms with van der Waals surface area (Å²) < 4.78 is 5.28. The van der Waals surface area contributed by atoms with Crippen LogP contribution in [0.5, 0.6) is 5.75 Å². The second-order valence-corrected chi connectivity index (χ2v) is 7.24. The van der Waals surface area contributed by atoms with E-state index in [4.69, 9.17) is 16.3 Å². The molecule has 0 bridgehead atoms. The van der Waals surface area contributed by atoms with E-state index >= 15 is 0 Å². The molecular weight excluding hydrogens is 396 g/mol. The number of amides is 1. The summed E-state index contributed by atoms with van der Waals surface area (Å²) in [5.74, 6) is 0.423. The van der Waals surface area contributed by atoms with Gasteiger partial charge in [0.05, 0.1) is 23.8 Å².